The Morgan fingerprint density at radius 1 is 1.24 bits per heavy atom. The average molecular weight is 373 g/mol. The molecule has 0 aliphatic heterocycles. The first kappa shape index (κ1) is 18.6. The number of allylic oxidation sites excluding steroid dienone is 2. The first-order valence-electron chi connectivity index (χ1n) is 7.23. The van der Waals surface area contributed by atoms with Gasteiger partial charge in [-0.05, 0) is 30.3 Å². The first-order valence-corrected chi connectivity index (χ1v) is 7.98. The van der Waals surface area contributed by atoms with Crippen molar-refractivity contribution in [2.24, 2.45) is 0 Å². The summed E-state index contributed by atoms with van der Waals surface area (Å²) in [6, 6.07) is 14.0. The number of nitriles is 1. The fraction of sp³-hybridized carbons (Fsp3) is 0.0526. The fourth-order valence-electron chi connectivity index (χ4n) is 2.00. The highest BCUT2D eigenvalue weighted by Gasteiger charge is 2.11. The molecule has 0 aliphatic rings. The molecule has 1 amide bonds. The van der Waals surface area contributed by atoms with Crippen LogP contribution in [-0.4, -0.2) is 13.0 Å². The number of hydrogen-bond acceptors (Lipinski definition) is 3. The van der Waals surface area contributed by atoms with Crippen LogP contribution in [0.3, 0.4) is 0 Å². The van der Waals surface area contributed by atoms with Crippen LogP contribution >= 0.6 is 23.2 Å². The third kappa shape index (κ3) is 5.12. The van der Waals surface area contributed by atoms with Crippen LogP contribution in [0.1, 0.15) is 5.56 Å². The van der Waals surface area contributed by atoms with E-state index >= 15 is 0 Å². The normalized spacial score (nSPS) is 11.2. The predicted octanol–water partition coefficient (Wildman–Crippen LogP) is 5.10. The lowest BCUT2D eigenvalue weighted by molar-refractivity contribution is -0.112. The predicted molar refractivity (Wildman–Crippen MR) is 101 cm³/mol. The van der Waals surface area contributed by atoms with Crippen LogP contribution in [0.15, 0.2) is 60.2 Å². The van der Waals surface area contributed by atoms with E-state index in [0.29, 0.717) is 21.5 Å². The van der Waals surface area contributed by atoms with Crippen LogP contribution in [0.25, 0.3) is 6.08 Å². The molecule has 2 rings (SSSR count). The number of nitrogens with zero attached hydrogens (tertiary/aromatic N) is 1. The van der Waals surface area contributed by atoms with Crippen LogP contribution in [0.2, 0.25) is 10.0 Å². The third-order valence-corrected chi connectivity index (χ3v) is 3.78. The van der Waals surface area contributed by atoms with Gasteiger partial charge in [0.25, 0.3) is 5.91 Å². The minimum Gasteiger partial charge on any atom is -0.496 e. The summed E-state index contributed by atoms with van der Waals surface area (Å²) in [5.74, 6) is 0.122. The quantitative estimate of drug-likeness (QED) is 0.450. The van der Waals surface area contributed by atoms with Crippen molar-refractivity contribution in [3.8, 4) is 11.8 Å². The molecule has 0 radical (unpaired) electrons. The minimum absolute atomic E-state index is 0.0674. The highest BCUT2D eigenvalue weighted by Crippen LogP contribution is 2.25. The van der Waals surface area contributed by atoms with Gasteiger partial charge < -0.3 is 10.1 Å². The summed E-state index contributed by atoms with van der Waals surface area (Å²) < 4.78 is 5.24. The van der Waals surface area contributed by atoms with E-state index in [0.717, 1.165) is 5.56 Å². The zero-order valence-electron chi connectivity index (χ0n) is 13.3. The van der Waals surface area contributed by atoms with Gasteiger partial charge in [0.1, 0.15) is 17.4 Å². The molecule has 25 heavy (non-hydrogen) atoms. The lowest BCUT2D eigenvalue weighted by Gasteiger charge is -2.06. The molecule has 0 saturated carbocycles. The summed E-state index contributed by atoms with van der Waals surface area (Å²) in [7, 11) is 1.57. The summed E-state index contributed by atoms with van der Waals surface area (Å²) in [6.07, 6.45) is 4.77. The summed E-state index contributed by atoms with van der Waals surface area (Å²) in [4.78, 5) is 12.2. The molecule has 0 unspecified atom stereocenters. The molecular weight excluding hydrogens is 359 g/mol. The fourth-order valence-corrected chi connectivity index (χ4v) is 2.34. The molecule has 2 aromatic rings. The number of carbonyl (C=O) groups is 1. The number of nitrogens with one attached hydrogen (secondary N) is 1. The van der Waals surface area contributed by atoms with Crippen molar-refractivity contribution in [3.63, 3.8) is 0 Å². The number of para-hydroxylation sites is 1. The van der Waals surface area contributed by atoms with Crippen molar-refractivity contribution in [1.29, 1.82) is 5.26 Å². The van der Waals surface area contributed by atoms with E-state index < -0.39 is 5.91 Å². The lowest BCUT2D eigenvalue weighted by atomic mass is 10.1. The van der Waals surface area contributed by atoms with Gasteiger partial charge in [0.2, 0.25) is 0 Å². The highest BCUT2D eigenvalue weighted by molar-refractivity contribution is 6.35. The molecule has 0 bridgehead atoms. The molecule has 126 valence electrons. The van der Waals surface area contributed by atoms with Crippen molar-refractivity contribution in [1.82, 2.24) is 0 Å². The molecule has 0 atom stereocenters. The Morgan fingerprint density at radius 3 is 2.72 bits per heavy atom. The molecule has 1 N–H and O–H groups in total. The van der Waals surface area contributed by atoms with Crippen LogP contribution < -0.4 is 10.1 Å². The van der Waals surface area contributed by atoms with Crippen LogP contribution in [0.5, 0.6) is 5.75 Å². The number of carbonyl (C=O) groups excluding carboxylic acids is 1. The molecule has 2 aromatic carbocycles. The van der Waals surface area contributed by atoms with Gasteiger partial charge in [0, 0.05) is 10.6 Å². The van der Waals surface area contributed by atoms with Crippen molar-refractivity contribution in [2.75, 3.05) is 12.4 Å². The van der Waals surface area contributed by atoms with Crippen molar-refractivity contribution in [3.05, 3.63) is 75.8 Å². The second kappa shape index (κ2) is 8.93. The number of methoxy groups -OCH3 is 1. The summed E-state index contributed by atoms with van der Waals surface area (Å²) in [5, 5.41) is 12.5. The number of benzene rings is 2. The van der Waals surface area contributed by atoms with Crippen molar-refractivity contribution >= 4 is 40.9 Å². The highest BCUT2D eigenvalue weighted by atomic mass is 35.5. The summed E-state index contributed by atoms with van der Waals surface area (Å²) >= 11 is 11.9. The number of ether oxygens (including phenoxy) is 1. The number of hydrogen-bond donors (Lipinski definition) is 1. The van der Waals surface area contributed by atoms with Crippen molar-refractivity contribution in [2.45, 2.75) is 0 Å². The smallest absolute Gasteiger partial charge is 0.266 e. The zero-order valence-corrected chi connectivity index (χ0v) is 14.8. The van der Waals surface area contributed by atoms with Crippen LogP contribution in [-0.2, 0) is 4.79 Å². The van der Waals surface area contributed by atoms with E-state index in [1.165, 1.54) is 12.1 Å². The van der Waals surface area contributed by atoms with Gasteiger partial charge in [-0.2, -0.15) is 5.26 Å². The Hall–Kier alpha value is -2.74. The second-order valence-electron chi connectivity index (χ2n) is 4.87. The zero-order chi connectivity index (χ0) is 18.2. The van der Waals surface area contributed by atoms with E-state index in [1.807, 2.05) is 30.3 Å². The number of halogens is 2. The van der Waals surface area contributed by atoms with Crippen LogP contribution in [0.4, 0.5) is 5.69 Å². The minimum atomic E-state index is -0.573. The molecule has 0 saturated heterocycles. The van der Waals surface area contributed by atoms with Gasteiger partial charge in [-0.25, -0.2) is 0 Å². The number of amides is 1. The molecule has 0 aliphatic carbocycles. The van der Waals surface area contributed by atoms with Crippen molar-refractivity contribution < 1.29 is 9.53 Å². The van der Waals surface area contributed by atoms with Gasteiger partial charge in [0.15, 0.2) is 0 Å². The van der Waals surface area contributed by atoms with Gasteiger partial charge in [-0.15, -0.1) is 0 Å². The topological polar surface area (TPSA) is 62.1 Å². The average Bonchev–Trinajstić information content (AvgIpc) is 2.62. The van der Waals surface area contributed by atoms with Gasteiger partial charge in [0.05, 0.1) is 17.8 Å². The SMILES string of the molecule is COc1ccccc1/C=C/C=C(\C#N)C(=O)Nc1cc(Cl)ccc1Cl. The summed E-state index contributed by atoms with van der Waals surface area (Å²) in [5.41, 5.74) is 1.10. The largest absolute Gasteiger partial charge is 0.496 e. The second-order valence-corrected chi connectivity index (χ2v) is 5.72. The Balaban J connectivity index is 2.17. The molecule has 0 aromatic heterocycles. The Bertz CT molecular complexity index is 883. The van der Waals surface area contributed by atoms with E-state index in [4.69, 9.17) is 27.9 Å². The van der Waals surface area contributed by atoms with E-state index in [1.54, 1.807) is 31.4 Å². The Morgan fingerprint density at radius 2 is 2.00 bits per heavy atom. The Labute approximate surface area is 155 Å². The molecule has 0 fully saturated rings. The Kier molecular flexibility index (Phi) is 6.64. The standard InChI is InChI=1S/C19H14Cl2N2O2/c1-25-18-8-3-2-5-13(18)6-4-7-14(12-22)19(24)23-17-11-15(20)9-10-16(17)21/h2-11H,1H3,(H,23,24)/b6-4+,14-7+. The molecule has 6 heteroatoms. The van der Waals surface area contributed by atoms with Crippen LogP contribution in [0, 0.1) is 11.3 Å². The molecule has 0 spiro atoms. The van der Waals surface area contributed by atoms with E-state index in [-0.39, 0.29) is 5.57 Å². The van der Waals surface area contributed by atoms with Gasteiger partial charge in [-0.3, -0.25) is 4.79 Å². The summed E-state index contributed by atoms with van der Waals surface area (Å²) in [6.45, 7) is 0. The molecule has 0 heterocycles. The van der Waals surface area contributed by atoms with E-state index in [2.05, 4.69) is 5.32 Å². The maximum atomic E-state index is 12.2. The molecular formula is C19H14Cl2N2O2. The van der Waals surface area contributed by atoms with E-state index in [9.17, 15) is 10.1 Å². The number of anilines is 1. The third-order valence-electron chi connectivity index (χ3n) is 3.22. The first-order chi connectivity index (χ1) is 12.0. The van der Waals surface area contributed by atoms with Gasteiger partial charge in [-0.1, -0.05) is 53.6 Å². The number of rotatable bonds is 5. The monoisotopic (exact) mass is 372 g/mol. The molecule has 4 nitrogen and oxygen atoms in total. The maximum absolute atomic E-state index is 12.2. The maximum Gasteiger partial charge on any atom is 0.266 e. The lowest BCUT2D eigenvalue weighted by Crippen LogP contribution is -2.13. The van der Waals surface area contributed by atoms with Gasteiger partial charge >= 0.3 is 0 Å².